The van der Waals surface area contributed by atoms with Gasteiger partial charge in [-0.2, -0.15) is 0 Å². The Morgan fingerprint density at radius 2 is 2.29 bits per heavy atom. The normalized spacial score (nSPS) is 12.1. The molecule has 0 fully saturated rings. The van der Waals surface area contributed by atoms with Gasteiger partial charge in [0.1, 0.15) is 0 Å². The number of hydrogen-bond donors (Lipinski definition) is 1. The van der Waals surface area contributed by atoms with E-state index in [1.807, 2.05) is 6.07 Å². The minimum Gasteiger partial charge on any atom is -0.310 e. The molecule has 0 saturated carbocycles. The second-order valence-corrected chi connectivity index (χ2v) is 5.45. The van der Waals surface area contributed by atoms with E-state index in [9.17, 15) is 0 Å². The molecule has 1 aromatic carbocycles. The van der Waals surface area contributed by atoms with Crippen LogP contribution in [0.1, 0.15) is 37.8 Å². The van der Waals surface area contributed by atoms with Gasteiger partial charge in [-0.25, -0.2) is 0 Å². The van der Waals surface area contributed by atoms with E-state index in [-0.39, 0.29) is 0 Å². The van der Waals surface area contributed by atoms with E-state index >= 15 is 0 Å². The van der Waals surface area contributed by atoms with E-state index in [1.165, 1.54) is 5.56 Å². The second kappa shape index (κ2) is 7.97. The third kappa shape index (κ3) is 4.87. The summed E-state index contributed by atoms with van der Waals surface area (Å²) in [5.41, 5.74) is 1.24. The summed E-state index contributed by atoms with van der Waals surface area (Å²) < 4.78 is 1.09. The molecule has 0 spiro atoms. The molecule has 1 atom stereocenters. The van der Waals surface area contributed by atoms with Crippen LogP contribution in [-0.2, 0) is 0 Å². The molecule has 1 nitrogen and oxygen atoms in total. The maximum absolute atomic E-state index is 6.15. The number of rotatable bonds is 6. The van der Waals surface area contributed by atoms with Gasteiger partial charge in [-0.1, -0.05) is 24.6 Å². The minimum absolute atomic E-state index is 0.350. The number of hydrogen-bond acceptors (Lipinski definition) is 1. The van der Waals surface area contributed by atoms with Crippen molar-refractivity contribution in [2.24, 2.45) is 0 Å². The fraction of sp³-hybridized carbons (Fsp3) is 0.429. The number of benzene rings is 1. The zero-order valence-corrected chi connectivity index (χ0v) is 12.9. The monoisotopic (exact) mass is 361 g/mol. The highest BCUT2D eigenvalue weighted by Crippen LogP contribution is 2.25. The lowest BCUT2D eigenvalue weighted by Gasteiger charge is -2.18. The molecule has 1 rings (SSSR count). The highest BCUT2D eigenvalue weighted by molar-refractivity contribution is 14.1. The summed E-state index contributed by atoms with van der Waals surface area (Å²) in [4.78, 5) is 0. The Morgan fingerprint density at radius 3 is 2.88 bits per heavy atom. The van der Waals surface area contributed by atoms with Crippen molar-refractivity contribution in [2.75, 3.05) is 6.54 Å². The van der Waals surface area contributed by atoms with Crippen molar-refractivity contribution in [2.45, 2.75) is 32.2 Å². The van der Waals surface area contributed by atoms with Crippen LogP contribution in [0.5, 0.6) is 0 Å². The van der Waals surface area contributed by atoms with E-state index in [2.05, 4.69) is 52.9 Å². The van der Waals surface area contributed by atoms with Gasteiger partial charge in [0, 0.05) is 16.0 Å². The van der Waals surface area contributed by atoms with Crippen molar-refractivity contribution in [1.82, 2.24) is 5.32 Å². The topological polar surface area (TPSA) is 12.0 Å². The van der Waals surface area contributed by atoms with Gasteiger partial charge >= 0.3 is 0 Å². The summed E-state index contributed by atoms with van der Waals surface area (Å²) in [6.07, 6.45) is 8.20. The van der Waals surface area contributed by atoms with Crippen molar-refractivity contribution in [3.05, 3.63) is 32.4 Å². The van der Waals surface area contributed by atoms with E-state index < -0.39 is 0 Å². The van der Waals surface area contributed by atoms with Crippen LogP contribution in [0.25, 0.3) is 0 Å². The Morgan fingerprint density at radius 1 is 1.53 bits per heavy atom. The first-order chi connectivity index (χ1) is 8.19. The SMILES string of the molecule is C#CCCCC(NCC)c1ccc(I)c(Cl)c1. The zero-order chi connectivity index (χ0) is 12.7. The number of nitrogens with one attached hydrogen (secondary N) is 1. The zero-order valence-electron chi connectivity index (χ0n) is 9.97. The fourth-order valence-corrected chi connectivity index (χ4v) is 2.29. The summed E-state index contributed by atoms with van der Waals surface area (Å²) in [5.74, 6) is 2.68. The molecule has 0 aliphatic carbocycles. The average Bonchev–Trinajstić information content (AvgIpc) is 2.32. The Labute approximate surface area is 122 Å². The maximum atomic E-state index is 6.15. The highest BCUT2D eigenvalue weighted by atomic mass is 127. The molecule has 1 aromatic rings. The maximum Gasteiger partial charge on any atom is 0.0542 e. The van der Waals surface area contributed by atoms with Crippen LogP contribution in [0.4, 0.5) is 0 Å². The molecule has 0 aromatic heterocycles. The largest absolute Gasteiger partial charge is 0.310 e. The van der Waals surface area contributed by atoms with Gasteiger partial charge in [-0.05, 0) is 59.7 Å². The lowest BCUT2D eigenvalue weighted by atomic mass is 10.0. The van der Waals surface area contributed by atoms with Crippen molar-refractivity contribution < 1.29 is 0 Å². The Balaban J connectivity index is 2.74. The van der Waals surface area contributed by atoms with Crippen molar-refractivity contribution >= 4 is 34.2 Å². The first-order valence-electron chi connectivity index (χ1n) is 5.80. The van der Waals surface area contributed by atoms with E-state index in [1.54, 1.807) is 0 Å². The average molecular weight is 362 g/mol. The summed E-state index contributed by atoms with van der Waals surface area (Å²) >= 11 is 8.39. The molecule has 17 heavy (non-hydrogen) atoms. The van der Waals surface area contributed by atoms with Crippen molar-refractivity contribution in [1.29, 1.82) is 0 Å². The smallest absolute Gasteiger partial charge is 0.0542 e. The Kier molecular flexibility index (Phi) is 6.94. The number of terminal acetylenes is 1. The molecule has 0 amide bonds. The third-order valence-electron chi connectivity index (χ3n) is 2.61. The van der Waals surface area contributed by atoms with Crippen LogP contribution < -0.4 is 5.32 Å². The lowest BCUT2D eigenvalue weighted by Crippen LogP contribution is -2.20. The molecule has 3 heteroatoms. The van der Waals surface area contributed by atoms with Crippen molar-refractivity contribution in [3.8, 4) is 12.3 Å². The molecule has 0 radical (unpaired) electrons. The van der Waals surface area contributed by atoms with Crippen LogP contribution in [0.2, 0.25) is 5.02 Å². The van der Waals surface area contributed by atoms with Gasteiger partial charge in [-0.3, -0.25) is 0 Å². The number of halogens is 2. The first-order valence-corrected chi connectivity index (χ1v) is 7.26. The molecule has 92 valence electrons. The number of unbranched alkanes of at least 4 members (excludes halogenated alkanes) is 1. The standard InChI is InChI=1S/C14H17ClIN/c1-3-5-6-7-14(17-4-2)11-8-9-13(16)12(15)10-11/h1,8-10,14,17H,4-7H2,2H3. The Hall–Kier alpha value is -0.240. The molecule has 0 bridgehead atoms. The van der Waals surface area contributed by atoms with Crippen LogP contribution >= 0.6 is 34.2 Å². The van der Waals surface area contributed by atoms with Crippen LogP contribution in [0, 0.1) is 15.9 Å². The summed E-state index contributed by atoms with van der Waals surface area (Å²) in [6, 6.07) is 6.59. The predicted octanol–water partition coefficient (Wildman–Crippen LogP) is 4.40. The van der Waals surface area contributed by atoms with Crippen molar-refractivity contribution in [3.63, 3.8) is 0 Å². The molecule has 0 saturated heterocycles. The van der Waals surface area contributed by atoms with Gasteiger partial charge in [0.2, 0.25) is 0 Å². The second-order valence-electron chi connectivity index (χ2n) is 3.88. The van der Waals surface area contributed by atoms with Gasteiger partial charge in [0.05, 0.1) is 5.02 Å². The van der Waals surface area contributed by atoms with Crippen LogP contribution in [-0.4, -0.2) is 6.54 Å². The molecule has 1 unspecified atom stereocenters. The van der Waals surface area contributed by atoms with E-state index in [0.717, 1.165) is 34.4 Å². The molecular weight excluding hydrogens is 345 g/mol. The minimum atomic E-state index is 0.350. The van der Waals surface area contributed by atoms with Gasteiger partial charge in [0.25, 0.3) is 0 Å². The third-order valence-corrected chi connectivity index (χ3v) is 4.18. The van der Waals surface area contributed by atoms with E-state index in [4.69, 9.17) is 18.0 Å². The summed E-state index contributed by atoms with van der Waals surface area (Å²) in [6.45, 7) is 3.06. The first kappa shape index (κ1) is 14.8. The van der Waals surface area contributed by atoms with E-state index in [0.29, 0.717) is 6.04 Å². The van der Waals surface area contributed by atoms with Gasteiger partial charge in [0.15, 0.2) is 0 Å². The predicted molar refractivity (Wildman–Crippen MR) is 83.3 cm³/mol. The Bertz CT molecular complexity index is 398. The van der Waals surface area contributed by atoms with Crippen LogP contribution in [0.15, 0.2) is 18.2 Å². The molecule has 0 aliphatic heterocycles. The lowest BCUT2D eigenvalue weighted by molar-refractivity contribution is 0.502. The molecule has 1 N–H and O–H groups in total. The quantitative estimate of drug-likeness (QED) is 0.450. The summed E-state index contributed by atoms with van der Waals surface area (Å²) in [5, 5.41) is 4.30. The molecular formula is C14H17ClIN. The van der Waals surface area contributed by atoms with Gasteiger partial charge in [-0.15, -0.1) is 12.3 Å². The fourth-order valence-electron chi connectivity index (χ4n) is 1.77. The highest BCUT2D eigenvalue weighted by Gasteiger charge is 2.11. The summed E-state index contributed by atoms with van der Waals surface area (Å²) in [7, 11) is 0. The molecule has 0 aliphatic rings. The van der Waals surface area contributed by atoms with Gasteiger partial charge < -0.3 is 5.32 Å². The molecule has 0 heterocycles. The van der Waals surface area contributed by atoms with Crippen LogP contribution in [0.3, 0.4) is 0 Å².